The summed E-state index contributed by atoms with van der Waals surface area (Å²) in [5.41, 5.74) is 0. The van der Waals surface area contributed by atoms with E-state index in [4.69, 9.17) is 10.6 Å². The van der Waals surface area contributed by atoms with E-state index in [-0.39, 0.29) is 19.4 Å². The molecule has 0 amide bonds. The Labute approximate surface area is 94.0 Å². The highest BCUT2D eigenvalue weighted by Crippen LogP contribution is 2.10. The highest BCUT2D eigenvalue weighted by Gasteiger charge is 2.28. The number of carbonyl (C=O) groups excluding carboxylic acids is 3. The van der Waals surface area contributed by atoms with Gasteiger partial charge in [-0.25, -0.2) is 4.79 Å². The standard InChI is InChI=1S/C10H17NO5/c1-2-3-7-15-9(13)8(5-4-6-12)10(14)16-11/h6,8H,2-5,7,11H2,1H3. The molecule has 0 aromatic heterocycles. The molecule has 0 heterocycles. The number of aldehydes is 1. The van der Waals surface area contributed by atoms with Gasteiger partial charge in [0.05, 0.1) is 6.61 Å². The van der Waals surface area contributed by atoms with Gasteiger partial charge in [-0.1, -0.05) is 13.3 Å². The van der Waals surface area contributed by atoms with Crippen LogP contribution < -0.4 is 5.90 Å². The quantitative estimate of drug-likeness (QED) is 0.213. The van der Waals surface area contributed by atoms with Gasteiger partial charge in [0.2, 0.25) is 0 Å². The largest absolute Gasteiger partial charge is 0.465 e. The third-order valence-electron chi connectivity index (χ3n) is 2.00. The van der Waals surface area contributed by atoms with Gasteiger partial charge in [0.15, 0.2) is 5.92 Å². The number of rotatable bonds is 8. The van der Waals surface area contributed by atoms with E-state index in [0.29, 0.717) is 6.29 Å². The van der Waals surface area contributed by atoms with Crippen molar-refractivity contribution in [1.29, 1.82) is 0 Å². The van der Waals surface area contributed by atoms with Crippen LogP contribution in [0.15, 0.2) is 0 Å². The lowest BCUT2D eigenvalue weighted by atomic mass is 10.0. The van der Waals surface area contributed by atoms with Gasteiger partial charge < -0.3 is 14.4 Å². The molecule has 0 radical (unpaired) electrons. The summed E-state index contributed by atoms with van der Waals surface area (Å²) >= 11 is 0. The van der Waals surface area contributed by atoms with Crippen LogP contribution in [0.4, 0.5) is 0 Å². The molecule has 0 aliphatic heterocycles. The highest BCUT2D eigenvalue weighted by atomic mass is 16.7. The number of esters is 1. The molecule has 0 aromatic rings. The molecule has 0 fully saturated rings. The van der Waals surface area contributed by atoms with Crippen molar-refractivity contribution in [3.63, 3.8) is 0 Å². The summed E-state index contributed by atoms with van der Waals surface area (Å²) in [6.45, 7) is 2.20. The zero-order chi connectivity index (χ0) is 12.4. The van der Waals surface area contributed by atoms with E-state index in [1.165, 1.54) is 0 Å². The van der Waals surface area contributed by atoms with Crippen molar-refractivity contribution in [3.8, 4) is 0 Å². The minimum absolute atomic E-state index is 0.0600. The summed E-state index contributed by atoms with van der Waals surface area (Å²) < 4.78 is 4.85. The lowest BCUT2D eigenvalue weighted by Crippen LogP contribution is -2.30. The molecule has 0 spiro atoms. The van der Waals surface area contributed by atoms with Gasteiger partial charge in [-0.2, -0.15) is 5.90 Å². The van der Waals surface area contributed by atoms with Crippen molar-refractivity contribution >= 4 is 18.2 Å². The van der Waals surface area contributed by atoms with E-state index in [1.807, 2.05) is 6.92 Å². The molecule has 6 nitrogen and oxygen atoms in total. The maximum absolute atomic E-state index is 11.4. The van der Waals surface area contributed by atoms with Crippen molar-refractivity contribution in [1.82, 2.24) is 0 Å². The summed E-state index contributed by atoms with van der Waals surface area (Å²) in [6, 6.07) is 0. The lowest BCUT2D eigenvalue weighted by Gasteiger charge is -2.11. The molecule has 2 N–H and O–H groups in total. The molecule has 16 heavy (non-hydrogen) atoms. The first kappa shape index (κ1) is 14.6. The molecular formula is C10H17NO5. The van der Waals surface area contributed by atoms with Crippen molar-refractivity contribution in [2.45, 2.75) is 32.6 Å². The fourth-order valence-electron chi connectivity index (χ4n) is 1.07. The van der Waals surface area contributed by atoms with Crippen molar-refractivity contribution < 1.29 is 24.0 Å². The molecule has 0 aliphatic rings. The van der Waals surface area contributed by atoms with Gasteiger partial charge in [-0.05, 0) is 12.8 Å². The molecule has 0 saturated heterocycles. The van der Waals surface area contributed by atoms with Gasteiger partial charge in [0, 0.05) is 6.42 Å². The van der Waals surface area contributed by atoms with Gasteiger partial charge in [-0.3, -0.25) is 4.79 Å². The van der Waals surface area contributed by atoms with E-state index in [0.717, 1.165) is 12.8 Å². The summed E-state index contributed by atoms with van der Waals surface area (Å²) in [6.07, 6.45) is 2.38. The van der Waals surface area contributed by atoms with Crippen LogP contribution >= 0.6 is 0 Å². The second kappa shape index (κ2) is 8.84. The summed E-state index contributed by atoms with van der Waals surface area (Å²) in [5.74, 6) is 2.03. The fourth-order valence-corrected chi connectivity index (χ4v) is 1.07. The molecule has 1 atom stereocenters. The Balaban J connectivity index is 4.20. The SMILES string of the molecule is CCCCOC(=O)C(CCC=O)C(=O)ON. The highest BCUT2D eigenvalue weighted by molar-refractivity contribution is 5.94. The molecule has 0 bridgehead atoms. The number of nitrogens with two attached hydrogens (primary N) is 1. The smallest absolute Gasteiger partial charge is 0.338 e. The van der Waals surface area contributed by atoms with Crippen LogP contribution in [-0.4, -0.2) is 24.8 Å². The van der Waals surface area contributed by atoms with E-state index < -0.39 is 17.9 Å². The average Bonchev–Trinajstić information content (AvgIpc) is 2.29. The predicted octanol–water partition coefficient (Wildman–Crippen LogP) is 0.342. The monoisotopic (exact) mass is 231 g/mol. The van der Waals surface area contributed by atoms with Crippen LogP contribution in [0.3, 0.4) is 0 Å². The Morgan fingerprint density at radius 2 is 2.06 bits per heavy atom. The van der Waals surface area contributed by atoms with Gasteiger partial charge in [-0.15, -0.1) is 0 Å². The Morgan fingerprint density at radius 1 is 1.38 bits per heavy atom. The van der Waals surface area contributed by atoms with Gasteiger partial charge in [0.25, 0.3) is 0 Å². The molecule has 0 saturated carbocycles. The van der Waals surface area contributed by atoms with E-state index in [1.54, 1.807) is 0 Å². The zero-order valence-electron chi connectivity index (χ0n) is 9.31. The summed E-state index contributed by atoms with van der Waals surface area (Å²) in [4.78, 5) is 36.7. The van der Waals surface area contributed by atoms with Crippen LogP contribution in [0.25, 0.3) is 0 Å². The Morgan fingerprint density at radius 3 is 2.56 bits per heavy atom. The molecular weight excluding hydrogens is 214 g/mol. The molecule has 0 aromatic carbocycles. The number of hydrogen-bond donors (Lipinski definition) is 1. The minimum atomic E-state index is -1.10. The summed E-state index contributed by atoms with van der Waals surface area (Å²) in [7, 11) is 0. The number of unbranched alkanes of at least 4 members (excludes halogenated alkanes) is 1. The first-order chi connectivity index (χ1) is 7.67. The van der Waals surface area contributed by atoms with E-state index in [9.17, 15) is 14.4 Å². The molecule has 1 unspecified atom stereocenters. The van der Waals surface area contributed by atoms with Crippen LogP contribution in [0.2, 0.25) is 0 Å². The van der Waals surface area contributed by atoms with E-state index in [2.05, 4.69) is 4.84 Å². The Kier molecular flexibility index (Phi) is 8.05. The Bertz CT molecular complexity index is 241. The first-order valence-electron chi connectivity index (χ1n) is 5.18. The van der Waals surface area contributed by atoms with Gasteiger partial charge >= 0.3 is 11.9 Å². The third kappa shape index (κ3) is 5.45. The number of hydrogen-bond acceptors (Lipinski definition) is 6. The van der Waals surface area contributed by atoms with Gasteiger partial charge in [0.1, 0.15) is 6.29 Å². The van der Waals surface area contributed by atoms with E-state index >= 15 is 0 Å². The maximum Gasteiger partial charge on any atom is 0.338 e. The second-order valence-corrected chi connectivity index (χ2v) is 3.25. The molecule has 0 rings (SSSR count). The second-order valence-electron chi connectivity index (χ2n) is 3.25. The average molecular weight is 231 g/mol. The Hall–Kier alpha value is -1.43. The summed E-state index contributed by atoms with van der Waals surface area (Å²) in [5, 5.41) is 0. The predicted molar refractivity (Wildman–Crippen MR) is 54.9 cm³/mol. The maximum atomic E-state index is 11.4. The normalized spacial score (nSPS) is 11.6. The lowest BCUT2D eigenvalue weighted by molar-refractivity contribution is -0.162. The molecule has 6 heteroatoms. The topological polar surface area (TPSA) is 95.7 Å². The van der Waals surface area contributed by atoms with Crippen molar-refractivity contribution in [2.75, 3.05) is 6.61 Å². The van der Waals surface area contributed by atoms with Crippen LogP contribution in [0.1, 0.15) is 32.6 Å². The van der Waals surface area contributed by atoms with Crippen LogP contribution in [0, 0.1) is 5.92 Å². The van der Waals surface area contributed by atoms with Crippen molar-refractivity contribution in [3.05, 3.63) is 0 Å². The zero-order valence-corrected chi connectivity index (χ0v) is 9.31. The fraction of sp³-hybridized carbons (Fsp3) is 0.700. The number of ether oxygens (including phenoxy) is 1. The van der Waals surface area contributed by atoms with Crippen molar-refractivity contribution in [2.24, 2.45) is 11.8 Å². The first-order valence-corrected chi connectivity index (χ1v) is 5.18. The number of carbonyl (C=O) groups is 3. The molecule has 92 valence electrons. The minimum Gasteiger partial charge on any atom is -0.465 e. The molecule has 0 aliphatic carbocycles. The van der Waals surface area contributed by atoms with Crippen LogP contribution in [0.5, 0.6) is 0 Å². The van der Waals surface area contributed by atoms with Crippen LogP contribution in [-0.2, 0) is 24.0 Å². The third-order valence-corrected chi connectivity index (χ3v) is 2.00.